The molecule has 0 bridgehead atoms. The van der Waals surface area contributed by atoms with Gasteiger partial charge in [-0.2, -0.15) is 0 Å². The van der Waals surface area contributed by atoms with Crippen molar-refractivity contribution < 1.29 is 19.1 Å². The average Bonchev–Trinajstić information content (AvgIpc) is 3.20. The number of amides is 2. The third-order valence-electron chi connectivity index (χ3n) is 5.28. The molecule has 2 heterocycles. The second kappa shape index (κ2) is 9.08. The molecule has 3 rings (SSSR count). The van der Waals surface area contributed by atoms with E-state index in [2.05, 4.69) is 4.90 Å². The minimum Gasteiger partial charge on any atom is -0.495 e. The summed E-state index contributed by atoms with van der Waals surface area (Å²) in [7, 11) is 1.67. The van der Waals surface area contributed by atoms with E-state index in [9.17, 15) is 9.59 Å². The van der Waals surface area contributed by atoms with Crippen molar-refractivity contribution in [2.45, 2.75) is 25.9 Å². The summed E-state index contributed by atoms with van der Waals surface area (Å²) in [4.78, 5) is 30.3. The van der Waals surface area contributed by atoms with E-state index in [1.165, 1.54) is 6.92 Å². The molecule has 2 saturated heterocycles. The van der Waals surface area contributed by atoms with Gasteiger partial charge in [0.2, 0.25) is 11.8 Å². The number of piperazine rings is 1. The zero-order valence-corrected chi connectivity index (χ0v) is 16.2. The molecule has 7 heteroatoms. The minimum atomic E-state index is -0.0773. The molecule has 0 radical (unpaired) electrons. The molecule has 2 aliphatic rings. The van der Waals surface area contributed by atoms with Crippen LogP contribution in [0.15, 0.2) is 24.3 Å². The molecule has 2 fully saturated rings. The Morgan fingerprint density at radius 2 is 1.96 bits per heavy atom. The topological polar surface area (TPSA) is 62.3 Å². The number of anilines is 1. The van der Waals surface area contributed by atoms with Gasteiger partial charge in [-0.15, -0.1) is 0 Å². The van der Waals surface area contributed by atoms with Gasteiger partial charge in [0, 0.05) is 46.3 Å². The van der Waals surface area contributed by atoms with Crippen molar-refractivity contribution in [3.63, 3.8) is 0 Å². The summed E-state index contributed by atoms with van der Waals surface area (Å²) < 4.78 is 11.0. The van der Waals surface area contributed by atoms with Crippen molar-refractivity contribution in [1.82, 2.24) is 9.80 Å². The van der Waals surface area contributed by atoms with E-state index >= 15 is 0 Å². The monoisotopic (exact) mass is 375 g/mol. The molecule has 0 aliphatic carbocycles. The number of nitrogens with zero attached hydrogens (tertiary/aromatic N) is 3. The number of carbonyl (C=O) groups is 2. The molecule has 2 amide bonds. The second-order valence-electron chi connectivity index (χ2n) is 7.07. The number of hydrogen-bond donors (Lipinski definition) is 0. The fourth-order valence-electron chi connectivity index (χ4n) is 3.69. The van der Waals surface area contributed by atoms with Gasteiger partial charge in [-0.1, -0.05) is 12.1 Å². The third kappa shape index (κ3) is 4.91. The van der Waals surface area contributed by atoms with Crippen molar-refractivity contribution in [2.75, 3.05) is 57.9 Å². The summed E-state index contributed by atoms with van der Waals surface area (Å²) in [6, 6.07) is 7.93. The first-order valence-corrected chi connectivity index (χ1v) is 9.61. The van der Waals surface area contributed by atoms with Gasteiger partial charge in [0.15, 0.2) is 0 Å². The Bertz CT molecular complexity index is 652. The Balaban J connectivity index is 1.53. The Hall–Kier alpha value is -2.28. The fraction of sp³-hybridized carbons (Fsp3) is 0.600. The molecule has 0 spiro atoms. The molecule has 148 valence electrons. The maximum atomic E-state index is 12.7. The molecule has 1 atom stereocenters. The molecule has 1 unspecified atom stereocenters. The van der Waals surface area contributed by atoms with Crippen molar-refractivity contribution in [1.29, 1.82) is 0 Å². The molecular formula is C20H29N3O4. The number of benzene rings is 1. The van der Waals surface area contributed by atoms with Crippen molar-refractivity contribution >= 4 is 17.5 Å². The van der Waals surface area contributed by atoms with E-state index < -0.39 is 0 Å². The molecule has 1 aromatic carbocycles. The van der Waals surface area contributed by atoms with Crippen LogP contribution in [0.1, 0.15) is 19.8 Å². The first kappa shape index (κ1) is 19.5. The lowest BCUT2D eigenvalue weighted by atomic mass is 10.2. The van der Waals surface area contributed by atoms with E-state index in [1.807, 2.05) is 29.2 Å². The zero-order chi connectivity index (χ0) is 19.2. The zero-order valence-electron chi connectivity index (χ0n) is 16.2. The van der Waals surface area contributed by atoms with Crippen LogP contribution in [0.4, 0.5) is 5.69 Å². The summed E-state index contributed by atoms with van der Waals surface area (Å²) in [5, 5.41) is 0. The largest absolute Gasteiger partial charge is 0.495 e. The van der Waals surface area contributed by atoms with E-state index in [0.29, 0.717) is 19.6 Å². The standard InChI is InChI=1S/C20H29N3O4/c1-16(24)23(14-17-6-5-13-27-17)15-20(25)22-11-9-21(10-12-22)18-7-3-4-8-19(18)26-2/h3-4,7-8,17H,5-6,9-15H2,1-2H3. The van der Waals surface area contributed by atoms with Crippen LogP contribution in [0.25, 0.3) is 0 Å². The van der Waals surface area contributed by atoms with E-state index in [-0.39, 0.29) is 24.5 Å². The van der Waals surface area contributed by atoms with Crippen molar-refractivity contribution in [3.8, 4) is 5.75 Å². The predicted octanol–water partition coefficient (Wildman–Crippen LogP) is 1.37. The van der Waals surface area contributed by atoms with Gasteiger partial charge >= 0.3 is 0 Å². The van der Waals surface area contributed by atoms with Crippen molar-refractivity contribution in [3.05, 3.63) is 24.3 Å². The molecule has 0 saturated carbocycles. The maximum absolute atomic E-state index is 12.7. The molecular weight excluding hydrogens is 346 g/mol. The summed E-state index contributed by atoms with van der Waals surface area (Å²) in [5.74, 6) is 0.769. The highest BCUT2D eigenvalue weighted by atomic mass is 16.5. The van der Waals surface area contributed by atoms with Crippen LogP contribution in [0.3, 0.4) is 0 Å². The van der Waals surface area contributed by atoms with Crippen molar-refractivity contribution in [2.24, 2.45) is 0 Å². The van der Waals surface area contributed by atoms with E-state index in [0.717, 1.165) is 44.0 Å². The molecule has 0 aromatic heterocycles. The SMILES string of the molecule is COc1ccccc1N1CCN(C(=O)CN(CC2CCCO2)C(C)=O)CC1. The van der Waals surface area contributed by atoms with Crippen LogP contribution >= 0.6 is 0 Å². The Morgan fingerprint density at radius 1 is 1.22 bits per heavy atom. The minimum absolute atomic E-state index is 0.00266. The molecule has 0 N–H and O–H groups in total. The highest BCUT2D eigenvalue weighted by Crippen LogP contribution is 2.28. The van der Waals surface area contributed by atoms with Crippen LogP contribution in [0.2, 0.25) is 0 Å². The van der Waals surface area contributed by atoms with Gasteiger partial charge in [0.25, 0.3) is 0 Å². The quantitative estimate of drug-likeness (QED) is 0.752. The van der Waals surface area contributed by atoms with Crippen LogP contribution in [-0.4, -0.2) is 80.7 Å². The summed E-state index contributed by atoms with van der Waals surface area (Å²) >= 11 is 0. The Labute approximate surface area is 160 Å². The average molecular weight is 375 g/mol. The lowest BCUT2D eigenvalue weighted by molar-refractivity contribution is -0.140. The summed E-state index contributed by atoms with van der Waals surface area (Å²) in [5.41, 5.74) is 1.05. The number of para-hydroxylation sites is 2. The van der Waals surface area contributed by atoms with Gasteiger partial charge in [0.05, 0.1) is 25.4 Å². The van der Waals surface area contributed by atoms with Crippen LogP contribution < -0.4 is 9.64 Å². The van der Waals surface area contributed by atoms with Crippen LogP contribution in [0, 0.1) is 0 Å². The number of hydrogen-bond acceptors (Lipinski definition) is 5. The lowest BCUT2D eigenvalue weighted by Gasteiger charge is -2.37. The smallest absolute Gasteiger partial charge is 0.242 e. The fourth-order valence-corrected chi connectivity index (χ4v) is 3.69. The maximum Gasteiger partial charge on any atom is 0.242 e. The first-order chi connectivity index (χ1) is 13.1. The van der Waals surface area contributed by atoms with Gasteiger partial charge in [-0.3, -0.25) is 9.59 Å². The molecule has 7 nitrogen and oxygen atoms in total. The van der Waals surface area contributed by atoms with Gasteiger partial charge < -0.3 is 24.2 Å². The third-order valence-corrected chi connectivity index (χ3v) is 5.28. The van der Waals surface area contributed by atoms with E-state index in [4.69, 9.17) is 9.47 Å². The van der Waals surface area contributed by atoms with Gasteiger partial charge in [0.1, 0.15) is 5.75 Å². The predicted molar refractivity (Wildman–Crippen MR) is 103 cm³/mol. The van der Waals surface area contributed by atoms with E-state index in [1.54, 1.807) is 12.0 Å². The lowest BCUT2D eigenvalue weighted by Crippen LogP contribution is -2.52. The molecule has 1 aromatic rings. The normalized spacial score (nSPS) is 19.9. The highest BCUT2D eigenvalue weighted by Gasteiger charge is 2.27. The van der Waals surface area contributed by atoms with Gasteiger partial charge in [-0.05, 0) is 25.0 Å². The van der Waals surface area contributed by atoms with Gasteiger partial charge in [-0.25, -0.2) is 0 Å². The Kier molecular flexibility index (Phi) is 6.55. The van der Waals surface area contributed by atoms with Crippen LogP contribution in [-0.2, 0) is 14.3 Å². The number of methoxy groups -OCH3 is 1. The Morgan fingerprint density at radius 3 is 2.59 bits per heavy atom. The summed E-state index contributed by atoms with van der Waals surface area (Å²) in [6.45, 7) is 5.67. The van der Waals surface area contributed by atoms with Crippen LogP contribution in [0.5, 0.6) is 5.75 Å². The first-order valence-electron chi connectivity index (χ1n) is 9.61. The molecule has 27 heavy (non-hydrogen) atoms. The highest BCUT2D eigenvalue weighted by molar-refractivity contribution is 5.84. The number of ether oxygens (including phenoxy) is 2. The second-order valence-corrected chi connectivity index (χ2v) is 7.07. The molecule has 2 aliphatic heterocycles. The number of carbonyl (C=O) groups excluding carboxylic acids is 2. The number of rotatable bonds is 6. The summed E-state index contributed by atoms with van der Waals surface area (Å²) in [6.07, 6.45) is 2.04.